The van der Waals surface area contributed by atoms with Crippen LogP contribution in [-0.2, 0) is 20.0 Å². The molecule has 2 heterocycles. The van der Waals surface area contributed by atoms with E-state index in [1.165, 1.54) is 30.9 Å². The van der Waals surface area contributed by atoms with Crippen LogP contribution in [0.3, 0.4) is 0 Å². The number of aromatic nitrogens is 2. The number of nitrogens with zero attached hydrogens (tertiary/aromatic N) is 3. The standard InChI is InChI=1S/C14H26N4/c1-5-12-8-13(18(4)16-12)9-15-14-6-7-17(3)10-11(14)2/h8,11,14-15H,5-7,9-10H2,1-4H3. The molecule has 2 unspecified atom stereocenters. The molecular weight excluding hydrogens is 224 g/mol. The Morgan fingerprint density at radius 2 is 2.22 bits per heavy atom. The third kappa shape index (κ3) is 3.12. The van der Waals surface area contributed by atoms with Gasteiger partial charge in [0.05, 0.1) is 11.4 Å². The van der Waals surface area contributed by atoms with E-state index >= 15 is 0 Å². The van der Waals surface area contributed by atoms with Crippen LogP contribution in [-0.4, -0.2) is 40.9 Å². The molecule has 4 heteroatoms. The van der Waals surface area contributed by atoms with Crippen LogP contribution in [0.5, 0.6) is 0 Å². The summed E-state index contributed by atoms with van der Waals surface area (Å²) in [5.74, 6) is 0.725. The maximum atomic E-state index is 4.49. The molecule has 1 aromatic heterocycles. The van der Waals surface area contributed by atoms with Gasteiger partial charge in [-0.2, -0.15) is 5.10 Å². The number of piperidine rings is 1. The second kappa shape index (κ2) is 5.85. The SMILES string of the molecule is CCc1cc(CNC2CCN(C)CC2C)n(C)n1. The van der Waals surface area contributed by atoms with E-state index in [0.29, 0.717) is 6.04 Å². The normalized spacial score (nSPS) is 25.6. The molecule has 1 saturated heterocycles. The smallest absolute Gasteiger partial charge is 0.0625 e. The second-order valence-electron chi connectivity index (χ2n) is 5.62. The lowest BCUT2D eigenvalue weighted by Crippen LogP contribution is -2.46. The number of hydrogen-bond acceptors (Lipinski definition) is 3. The topological polar surface area (TPSA) is 33.1 Å². The summed E-state index contributed by atoms with van der Waals surface area (Å²) in [5.41, 5.74) is 2.48. The van der Waals surface area contributed by atoms with Gasteiger partial charge in [0.1, 0.15) is 0 Å². The molecule has 4 nitrogen and oxygen atoms in total. The highest BCUT2D eigenvalue weighted by molar-refractivity contribution is 5.10. The second-order valence-corrected chi connectivity index (χ2v) is 5.62. The van der Waals surface area contributed by atoms with E-state index in [9.17, 15) is 0 Å². The maximum absolute atomic E-state index is 4.49. The molecule has 2 atom stereocenters. The zero-order valence-electron chi connectivity index (χ0n) is 12.1. The van der Waals surface area contributed by atoms with Crippen molar-refractivity contribution >= 4 is 0 Å². The van der Waals surface area contributed by atoms with Crippen molar-refractivity contribution in [2.75, 3.05) is 20.1 Å². The summed E-state index contributed by atoms with van der Waals surface area (Å²) < 4.78 is 2.01. The first-order valence-electron chi connectivity index (χ1n) is 7.04. The highest BCUT2D eigenvalue weighted by Crippen LogP contribution is 2.16. The fourth-order valence-electron chi connectivity index (χ4n) is 2.80. The van der Waals surface area contributed by atoms with E-state index in [-0.39, 0.29) is 0 Å². The van der Waals surface area contributed by atoms with Crippen molar-refractivity contribution in [3.05, 3.63) is 17.5 Å². The molecule has 1 N–H and O–H groups in total. The molecule has 2 rings (SSSR count). The summed E-state index contributed by atoms with van der Waals surface area (Å²) in [6.07, 6.45) is 2.26. The van der Waals surface area contributed by atoms with Gasteiger partial charge in [-0.15, -0.1) is 0 Å². The molecule has 0 bridgehead atoms. The first-order valence-corrected chi connectivity index (χ1v) is 7.04. The monoisotopic (exact) mass is 250 g/mol. The number of aryl methyl sites for hydroxylation is 2. The fourth-order valence-corrected chi connectivity index (χ4v) is 2.80. The summed E-state index contributed by atoms with van der Waals surface area (Å²) in [4.78, 5) is 2.42. The Kier molecular flexibility index (Phi) is 4.40. The number of likely N-dealkylation sites (tertiary alicyclic amines) is 1. The molecule has 0 spiro atoms. The van der Waals surface area contributed by atoms with Gasteiger partial charge in [0.2, 0.25) is 0 Å². The molecule has 0 aliphatic carbocycles. The number of rotatable bonds is 4. The van der Waals surface area contributed by atoms with Gasteiger partial charge < -0.3 is 10.2 Å². The molecule has 0 saturated carbocycles. The molecule has 102 valence electrons. The van der Waals surface area contributed by atoms with Crippen molar-refractivity contribution in [1.82, 2.24) is 20.0 Å². The summed E-state index contributed by atoms with van der Waals surface area (Å²) >= 11 is 0. The Hall–Kier alpha value is -0.870. The minimum Gasteiger partial charge on any atom is -0.308 e. The van der Waals surface area contributed by atoms with E-state index in [0.717, 1.165) is 18.9 Å². The van der Waals surface area contributed by atoms with Gasteiger partial charge in [0, 0.05) is 26.2 Å². The third-order valence-corrected chi connectivity index (χ3v) is 4.04. The van der Waals surface area contributed by atoms with Gasteiger partial charge in [-0.05, 0) is 38.4 Å². The lowest BCUT2D eigenvalue weighted by molar-refractivity contribution is 0.174. The molecule has 0 amide bonds. The van der Waals surface area contributed by atoms with Crippen LogP contribution < -0.4 is 5.32 Å². The van der Waals surface area contributed by atoms with E-state index in [1.54, 1.807) is 0 Å². The van der Waals surface area contributed by atoms with Crippen molar-refractivity contribution in [1.29, 1.82) is 0 Å². The zero-order chi connectivity index (χ0) is 13.1. The number of hydrogen-bond donors (Lipinski definition) is 1. The average molecular weight is 250 g/mol. The Morgan fingerprint density at radius 3 is 2.83 bits per heavy atom. The first-order chi connectivity index (χ1) is 8.60. The van der Waals surface area contributed by atoms with Crippen LogP contribution in [0, 0.1) is 5.92 Å². The molecule has 0 radical (unpaired) electrons. The molecule has 1 fully saturated rings. The van der Waals surface area contributed by atoms with Gasteiger partial charge in [0.25, 0.3) is 0 Å². The van der Waals surface area contributed by atoms with Crippen LogP contribution in [0.15, 0.2) is 6.07 Å². The lowest BCUT2D eigenvalue weighted by Gasteiger charge is -2.35. The Labute approximate surface area is 110 Å². The first kappa shape index (κ1) is 13.6. The van der Waals surface area contributed by atoms with Gasteiger partial charge >= 0.3 is 0 Å². The summed E-state index contributed by atoms with van der Waals surface area (Å²) in [6, 6.07) is 2.85. The zero-order valence-corrected chi connectivity index (χ0v) is 12.1. The average Bonchev–Trinajstić information content (AvgIpc) is 2.69. The van der Waals surface area contributed by atoms with Crippen molar-refractivity contribution in [3.8, 4) is 0 Å². The minimum atomic E-state index is 0.640. The fraction of sp³-hybridized carbons (Fsp3) is 0.786. The molecule has 0 aromatic carbocycles. The summed E-state index contributed by atoms with van der Waals surface area (Å²) in [7, 11) is 4.25. The third-order valence-electron chi connectivity index (χ3n) is 4.04. The van der Waals surface area contributed by atoms with Gasteiger partial charge in [0.15, 0.2) is 0 Å². The summed E-state index contributed by atoms with van der Waals surface area (Å²) in [6.45, 7) is 7.83. The summed E-state index contributed by atoms with van der Waals surface area (Å²) in [5, 5.41) is 8.19. The van der Waals surface area contributed by atoms with Crippen molar-refractivity contribution in [3.63, 3.8) is 0 Å². The predicted octanol–water partition coefficient (Wildman–Crippen LogP) is 1.41. The highest BCUT2D eigenvalue weighted by atomic mass is 15.3. The minimum absolute atomic E-state index is 0.640. The molecule has 1 aliphatic heterocycles. The quantitative estimate of drug-likeness (QED) is 0.877. The van der Waals surface area contributed by atoms with Crippen LogP contribution in [0.1, 0.15) is 31.7 Å². The van der Waals surface area contributed by atoms with Gasteiger partial charge in [-0.3, -0.25) is 4.68 Å². The highest BCUT2D eigenvalue weighted by Gasteiger charge is 2.23. The molecule has 1 aromatic rings. The van der Waals surface area contributed by atoms with Crippen molar-refractivity contribution in [2.45, 2.75) is 39.3 Å². The Balaban J connectivity index is 1.89. The van der Waals surface area contributed by atoms with Crippen molar-refractivity contribution in [2.24, 2.45) is 13.0 Å². The number of nitrogens with one attached hydrogen (secondary N) is 1. The van der Waals surface area contributed by atoms with E-state index in [4.69, 9.17) is 0 Å². The predicted molar refractivity (Wildman–Crippen MR) is 74.5 cm³/mol. The van der Waals surface area contributed by atoms with Crippen LogP contribution >= 0.6 is 0 Å². The molecular formula is C14H26N4. The lowest BCUT2D eigenvalue weighted by atomic mass is 9.94. The Bertz CT molecular complexity index is 385. The largest absolute Gasteiger partial charge is 0.308 e. The van der Waals surface area contributed by atoms with Gasteiger partial charge in [-0.1, -0.05) is 13.8 Å². The van der Waals surface area contributed by atoms with E-state index < -0.39 is 0 Å². The molecule has 1 aliphatic rings. The molecule has 18 heavy (non-hydrogen) atoms. The Morgan fingerprint density at radius 1 is 1.44 bits per heavy atom. The van der Waals surface area contributed by atoms with E-state index in [2.05, 4.69) is 42.3 Å². The van der Waals surface area contributed by atoms with Gasteiger partial charge in [-0.25, -0.2) is 0 Å². The van der Waals surface area contributed by atoms with Crippen LogP contribution in [0.2, 0.25) is 0 Å². The maximum Gasteiger partial charge on any atom is 0.0625 e. The van der Waals surface area contributed by atoms with E-state index in [1.807, 2.05) is 11.7 Å². The van der Waals surface area contributed by atoms with Crippen molar-refractivity contribution < 1.29 is 0 Å². The van der Waals surface area contributed by atoms with Crippen LogP contribution in [0.25, 0.3) is 0 Å². The van der Waals surface area contributed by atoms with Crippen LogP contribution in [0.4, 0.5) is 0 Å².